The lowest BCUT2D eigenvalue weighted by Gasteiger charge is -2.25. The highest BCUT2D eigenvalue weighted by molar-refractivity contribution is 7.13. The lowest BCUT2D eigenvalue weighted by molar-refractivity contribution is -0.142. The van der Waals surface area contributed by atoms with Gasteiger partial charge < -0.3 is 4.74 Å². The molecule has 154 valence electrons. The van der Waals surface area contributed by atoms with Gasteiger partial charge in [-0.25, -0.2) is 9.50 Å². The monoisotopic (exact) mass is 422 g/mol. The van der Waals surface area contributed by atoms with Crippen molar-refractivity contribution in [2.45, 2.75) is 31.5 Å². The standard InChI is InChI=1S/C20H21F3N4OS/c21-20(22,23)18-9-15(17-4-2-8-29-17)24-19-10-14(25-27(18)19)16-3-1-6-26(16)11-13-5-7-28-12-13/h2,4,8-10,13,16H,1,3,5-7,11-12H2/t13-,16-/m0/s1. The van der Waals surface area contributed by atoms with Crippen molar-refractivity contribution >= 4 is 17.0 Å². The summed E-state index contributed by atoms with van der Waals surface area (Å²) in [6.07, 6.45) is -1.55. The molecule has 2 aliphatic heterocycles. The van der Waals surface area contributed by atoms with Crippen LogP contribution in [0.3, 0.4) is 0 Å². The maximum atomic E-state index is 13.8. The van der Waals surface area contributed by atoms with Gasteiger partial charge in [-0.1, -0.05) is 6.07 Å². The van der Waals surface area contributed by atoms with E-state index in [-0.39, 0.29) is 11.7 Å². The molecule has 5 heterocycles. The van der Waals surface area contributed by atoms with E-state index in [2.05, 4.69) is 15.0 Å². The molecule has 5 rings (SSSR count). The average Bonchev–Trinajstić information content (AvgIpc) is 3.46. The van der Waals surface area contributed by atoms with Crippen molar-refractivity contribution in [3.05, 3.63) is 41.0 Å². The van der Waals surface area contributed by atoms with Crippen LogP contribution in [-0.4, -0.2) is 45.8 Å². The molecular formula is C20H21F3N4OS. The molecular weight excluding hydrogens is 401 g/mol. The summed E-state index contributed by atoms with van der Waals surface area (Å²) in [5, 5.41) is 6.21. The van der Waals surface area contributed by atoms with Crippen molar-refractivity contribution in [1.82, 2.24) is 19.5 Å². The van der Waals surface area contributed by atoms with Gasteiger partial charge in [-0.2, -0.15) is 18.3 Å². The third kappa shape index (κ3) is 3.67. The lowest BCUT2D eigenvalue weighted by atomic mass is 10.1. The first-order valence-corrected chi connectivity index (χ1v) is 10.7. The van der Waals surface area contributed by atoms with Crippen LogP contribution in [0.2, 0.25) is 0 Å². The topological polar surface area (TPSA) is 42.7 Å². The van der Waals surface area contributed by atoms with Gasteiger partial charge in [0.25, 0.3) is 0 Å². The van der Waals surface area contributed by atoms with Gasteiger partial charge in [-0.05, 0) is 49.2 Å². The van der Waals surface area contributed by atoms with Gasteiger partial charge in [-0.15, -0.1) is 11.3 Å². The van der Waals surface area contributed by atoms with E-state index in [1.54, 1.807) is 12.1 Å². The van der Waals surface area contributed by atoms with Crippen molar-refractivity contribution in [2.75, 3.05) is 26.3 Å². The minimum Gasteiger partial charge on any atom is -0.381 e. The van der Waals surface area contributed by atoms with E-state index in [0.29, 0.717) is 22.2 Å². The molecule has 3 aromatic rings. The number of likely N-dealkylation sites (tertiary alicyclic amines) is 1. The zero-order chi connectivity index (χ0) is 20.0. The number of rotatable bonds is 4. The first-order chi connectivity index (χ1) is 14.0. The van der Waals surface area contributed by atoms with Crippen molar-refractivity contribution in [1.29, 1.82) is 0 Å². The molecule has 29 heavy (non-hydrogen) atoms. The Morgan fingerprint density at radius 3 is 2.86 bits per heavy atom. The Labute approximate surface area is 170 Å². The quantitative estimate of drug-likeness (QED) is 0.614. The number of hydrogen-bond donors (Lipinski definition) is 0. The molecule has 2 saturated heterocycles. The molecule has 2 atom stereocenters. The Bertz CT molecular complexity index is 995. The highest BCUT2D eigenvalue weighted by Gasteiger charge is 2.37. The van der Waals surface area contributed by atoms with E-state index in [1.165, 1.54) is 11.3 Å². The lowest BCUT2D eigenvalue weighted by Crippen LogP contribution is -2.29. The van der Waals surface area contributed by atoms with Crippen LogP contribution >= 0.6 is 11.3 Å². The third-order valence-electron chi connectivity index (χ3n) is 5.73. The number of alkyl halides is 3. The number of aromatic nitrogens is 3. The number of fused-ring (bicyclic) bond motifs is 1. The summed E-state index contributed by atoms with van der Waals surface area (Å²) in [6.45, 7) is 3.40. The zero-order valence-corrected chi connectivity index (χ0v) is 16.5. The molecule has 0 aliphatic carbocycles. The number of thiophene rings is 1. The first kappa shape index (κ1) is 19.0. The summed E-state index contributed by atoms with van der Waals surface area (Å²) in [4.78, 5) is 7.54. The molecule has 5 nitrogen and oxygen atoms in total. The maximum Gasteiger partial charge on any atom is 0.433 e. The van der Waals surface area contributed by atoms with Crippen molar-refractivity contribution in [3.8, 4) is 10.6 Å². The van der Waals surface area contributed by atoms with Gasteiger partial charge in [0.15, 0.2) is 11.3 Å². The fourth-order valence-corrected chi connectivity index (χ4v) is 5.03. The van der Waals surface area contributed by atoms with Crippen molar-refractivity contribution in [3.63, 3.8) is 0 Å². The van der Waals surface area contributed by atoms with E-state index in [4.69, 9.17) is 4.74 Å². The minimum absolute atomic E-state index is 0.0311. The molecule has 0 radical (unpaired) electrons. The average molecular weight is 422 g/mol. The summed E-state index contributed by atoms with van der Waals surface area (Å²) in [5.41, 5.74) is 0.459. The third-order valence-corrected chi connectivity index (χ3v) is 6.62. The molecule has 2 fully saturated rings. The van der Waals surface area contributed by atoms with Gasteiger partial charge in [0.05, 0.1) is 28.9 Å². The fourth-order valence-electron chi connectivity index (χ4n) is 4.35. The Balaban J connectivity index is 1.53. The number of hydrogen-bond acceptors (Lipinski definition) is 5. The molecule has 0 saturated carbocycles. The molecule has 0 N–H and O–H groups in total. The van der Waals surface area contributed by atoms with Gasteiger partial charge in [0.1, 0.15) is 0 Å². The summed E-state index contributed by atoms with van der Waals surface area (Å²) < 4.78 is 47.7. The number of nitrogens with zero attached hydrogens (tertiary/aromatic N) is 4. The van der Waals surface area contributed by atoms with Gasteiger partial charge in [0.2, 0.25) is 0 Å². The Hall–Kier alpha value is -1.97. The summed E-state index contributed by atoms with van der Waals surface area (Å²) >= 11 is 1.37. The summed E-state index contributed by atoms with van der Waals surface area (Å²) in [6, 6.07) is 6.44. The van der Waals surface area contributed by atoms with Crippen molar-refractivity contribution < 1.29 is 17.9 Å². The smallest absolute Gasteiger partial charge is 0.381 e. The first-order valence-electron chi connectivity index (χ1n) is 9.82. The van der Waals surface area contributed by atoms with E-state index in [1.807, 2.05) is 11.4 Å². The van der Waals surface area contributed by atoms with Crippen LogP contribution in [0.15, 0.2) is 29.6 Å². The van der Waals surface area contributed by atoms with E-state index in [0.717, 1.165) is 56.1 Å². The van der Waals surface area contributed by atoms with Crippen LogP contribution in [0.4, 0.5) is 13.2 Å². The second-order valence-corrected chi connectivity index (χ2v) is 8.67. The van der Waals surface area contributed by atoms with Crippen molar-refractivity contribution in [2.24, 2.45) is 5.92 Å². The van der Waals surface area contributed by atoms with Crippen LogP contribution in [0.25, 0.3) is 16.2 Å². The van der Waals surface area contributed by atoms with Crippen LogP contribution in [0.1, 0.15) is 36.7 Å². The van der Waals surface area contributed by atoms with E-state index >= 15 is 0 Å². The summed E-state index contributed by atoms with van der Waals surface area (Å²) in [5.74, 6) is 0.488. The molecule has 0 unspecified atom stereocenters. The molecule has 0 aromatic carbocycles. The Morgan fingerprint density at radius 1 is 1.24 bits per heavy atom. The minimum atomic E-state index is -4.51. The molecule has 0 amide bonds. The number of halogens is 3. The molecule has 2 aliphatic rings. The van der Waals surface area contributed by atoms with Crippen LogP contribution in [-0.2, 0) is 10.9 Å². The van der Waals surface area contributed by atoms with Gasteiger partial charge in [0, 0.05) is 19.2 Å². The molecule has 9 heteroatoms. The highest BCUT2D eigenvalue weighted by atomic mass is 32.1. The maximum absolute atomic E-state index is 13.8. The SMILES string of the molecule is FC(F)(F)c1cc(-c2cccs2)nc2cc([C@@H]3CCCN3C[C@@H]3CCOC3)nn12. The summed E-state index contributed by atoms with van der Waals surface area (Å²) in [7, 11) is 0. The fraction of sp³-hybridized carbons (Fsp3) is 0.500. The number of ether oxygens (including phenoxy) is 1. The molecule has 0 bridgehead atoms. The predicted octanol–water partition coefficient (Wildman–Crippen LogP) is 4.65. The second kappa shape index (κ2) is 7.37. The highest BCUT2D eigenvalue weighted by Crippen LogP contribution is 2.36. The zero-order valence-electron chi connectivity index (χ0n) is 15.7. The van der Waals surface area contributed by atoms with E-state index in [9.17, 15) is 13.2 Å². The van der Waals surface area contributed by atoms with Gasteiger partial charge >= 0.3 is 6.18 Å². The Kier molecular flexibility index (Phi) is 4.84. The van der Waals surface area contributed by atoms with Crippen LogP contribution in [0.5, 0.6) is 0 Å². The normalized spacial score (nSPS) is 23.4. The van der Waals surface area contributed by atoms with Crippen LogP contribution < -0.4 is 0 Å². The molecule has 3 aromatic heterocycles. The van der Waals surface area contributed by atoms with Crippen LogP contribution in [0, 0.1) is 5.92 Å². The van der Waals surface area contributed by atoms with Gasteiger partial charge in [-0.3, -0.25) is 4.90 Å². The largest absolute Gasteiger partial charge is 0.433 e. The molecule has 0 spiro atoms. The van der Waals surface area contributed by atoms with E-state index < -0.39 is 11.9 Å². The Morgan fingerprint density at radius 2 is 2.14 bits per heavy atom. The predicted molar refractivity (Wildman–Crippen MR) is 104 cm³/mol. The second-order valence-electron chi connectivity index (χ2n) is 7.72.